The van der Waals surface area contributed by atoms with Crippen LogP contribution in [0.4, 0.5) is 0 Å². The fraction of sp³-hybridized carbons (Fsp3) is 0.227. The van der Waals surface area contributed by atoms with E-state index in [0.717, 1.165) is 29.9 Å². The first-order valence-electron chi connectivity index (χ1n) is 9.09. The molecule has 0 aliphatic rings. The standard InChI is InChI=1S/C22H25N3O2/c26-21-10-3-1-7-18(21)15-23-13-14-25(17-20-9-5-6-12-24-20)16-19-8-2-4-11-22(19)27/h1-12,23,26-27H,13-17H2. The van der Waals surface area contributed by atoms with Gasteiger partial charge in [0.25, 0.3) is 0 Å². The predicted molar refractivity (Wildman–Crippen MR) is 106 cm³/mol. The molecule has 5 heteroatoms. The highest BCUT2D eigenvalue weighted by Gasteiger charge is 2.10. The number of nitrogens with zero attached hydrogens (tertiary/aromatic N) is 2. The van der Waals surface area contributed by atoms with Gasteiger partial charge in [-0.15, -0.1) is 0 Å². The minimum absolute atomic E-state index is 0.310. The Morgan fingerprint density at radius 1 is 0.778 bits per heavy atom. The third-order valence-corrected chi connectivity index (χ3v) is 4.41. The lowest BCUT2D eigenvalue weighted by Crippen LogP contribution is -2.31. The summed E-state index contributed by atoms with van der Waals surface area (Å²) in [5.41, 5.74) is 2.78. The molecule has 0 saturated carbocycles. The van der Waals surface area contributed by atoms with Crippen LogP contribution in [0, 0.1) is 0 Å². The van der Waals surface area contributed by atoms with Crippen LogP contribution < -0.4 is 5.32 Å². The van der Waals surface area contributed by atoms with Crippen molar-refractivity contribution in [1.29, 1.82) is 0 Å². The van der Waals surface area contributed by atoms with Gasteiger partial charge in [0.05, 0.1) is 5.69 Å². The summed E-state index contributed by atoms with van der Waals surface area (Å²) in [6.07, 6.45) is 1.80. The average molecular weight is 363 g/mol. The summed E-state index contributed by atoms with van der Waals surface area (Å²) < 4.78 is 0. The van der Waals surface area contributed by atoms with E-state index in [1.165, 1.54) is 0 Å². The lowest BCUT2D eigenvalue weighted by Gasteiger charge is -2.23. The molecule has 0 unspecified atom stereocenters. The number of phenols is 2. The van der Waals surface area contributed by atoms with Crippen LogP contribution in [-0.2, 0) is 19.6 Å². The van der Waals surface area contributed by atoms with Crippen LogP contribution >= 0.6 is 0 Å². The number of nitrogens with one attached hydrogen (secondary N) is 1. The third kappa shape index (κ3) is 5.81. The van der Waals surface area contributed by atoms with Gasteiger partial charge in [-0.25, -0.2) is 0 Å². The molecule has 1 aromatic heterocycles. The predicted octanol–water partition coefficient (Wildman–Crippen LogP) is 3.28. The van der Waals surface area contributed by atoms with Gasteiger partial charge in [0.1, 0.15) is 11.5 Å². The van der Waals surface area contributed by atoms with E-state index < -0.39 is 0 Å². The molecule has 3 rings (SSSR count). The number of aromatic nitrogens is 1. The number of aromatic hydroxyl groups is 2. The first-order chi connectivity index (χ1) is 13.2. The first kappa shape index (κ1) is 18.9. The van der Waals surface area contributed by atoms with E-state index in [1.54, 1.807) is 18.3 Å². The minimum atomic E-state index is 0.310. The van der Waals surface area contributed by atoms with Gasteiger partial charge in [0.2, 0.25) is 0 Å². The van der Waals surface area contributed by atoms with E-state index in [-0.39, 0.29) is 0 Å². The Kier molecular flexibility index (Phi) is 6.79. The van der Waals surface area contributed by atoms with Crippen molar-refractivity contribution < 1.29 is 10.2 Å². The molecule has 0 saturated heterocycles. The van der Waals surface area contributed by atoms with E-state index in [4.69, 9.17) is 0 Å². The number of benzene rings is 2. The Morgan fingerprint density at radius 3 is 2.11 bits per heavy atom. The zero-order valence-electron chi connectivity index (χ0n) is 15.3. The number of hydrogen-bond acceptors (Lipinski definition) is 5. The molecule has 3 aromatic rings. The highest BCUT2D eigenvalue weighted by atomic mass is 16.3. The van der Waals surface area contributed by atoms with Crippen molar-refractivity contribution in [3.05, 3.63) is 89.7 Å². The molecule has 3 N–H and O–H groups in total. The molecule has 5 nitrogen and oxygen atoms in total. The third-order valence-electron chi connectivity index (χ3n) is 4.41. The van der Waals surface area contributed by atoms with Gasteiger partial charge < -0.3 is 15.5 Å². The normalized spacial score (nSPS) is 11.0. The molecule has 0 amide bonds. The van der Waals surface area contributed by atoms with Crippen LogP contribution in [0.1, 0.15) is 16.8 Å². The summed E-state index contributed by atoms with van der Waals surface area (Å²) in [4.78, 5) is 6.66. The lowest BCUT2D eigenvalue weighted by molar-refractivity contribution is 0.249. The zero-order valence-corrected chi connectivity index (χ0v) is 15.3. The van der Waals surface area contributed by atoms with Gasteiger partial charge in [0.15, 0.2) is 0 Å². The van der Waals surface area contributed by atoms with E-state index in [9.17, 15) is 10.2 Å². The molecule has 0 spiro atoms. The molecule has 0 aliphatic heterocycles. The van der Waals surface area contributed by atoms with Gasteiger partial charge >= 0.3 is 0 Å². The van der Waals surface area contributed by atoms with E-state index in [1.807, 2.05) is 54.6 Å². The maximum absolute atomic E-state index is 10.1. The number of para-hydroxylation sites is 2. The summed E-state index contributed by atoms with van der Waals surface area (Å²) in [6.45, 7) is 3.50. The lowest BCUT2D eigenvalue weighted by atomic mass is 10.2. The van der Waals surface area contributed by atoms with Gasteiger partial charge in [-0.3, -0.25) is 9.88 Å². The molecular formula is C22H25N3O2. The van der Waals surface area contributed by atoms with Crippen molar-refractivity contribution in [3.63, 3.8) is 0 Å². The van der Waals surface area contributed by atoms with Crippen LogP contribution in [0.2, 0.25) is 0 Å². The van der Waals surface area contributed by atoms with E-state index >= 15 is 0 Å². The van der Waals surface area contributed by atoms with Gasteiger partial charge in [0, 0.05) is 50.0 Å². The number of phenolic OH excluding ortho intramolecular Hbond substituents is 2. The highest BCUT2D eigenvalue weighted by Crippen LogP contribution is 2.19. The van der Waals surface area contributed by atoms with Crippen LogP contribution in [0.15, 0.2) is 72.9 Å². The summed E-state index contributed by atoms with van der Waals surface area (Å²) in [6, 6.07) is 20.7. The van der Waals surface area contributed by atoms with Crippen molar-refractivity contribution in [2.24, 2.45) is 0 Å². The molecule has 1 heterocycles. The molecule has 2 aromatic carbocycles. The van der Waals surface area contributed by atoms with Gasteiger partial charge in [-0.1, -0.05) is 42.5 Å². The fourth-order valence-corrected chi connectivity index (χ4v) is 2.94. The molecule has 0 radical (unpaired) electrons. The van der Waals surface area contributed by atoms with E-state index in [0.29, 0.717) is 31.1 Å². The number of rotatable bonds is 9. The van der Waals surface area contributed by atoms with Crippen molar-refractivity contribution in [2.75, 3.05) is 13.1 Å². The first-order valence-corrected chi connectivity index (χ1v) is 9.09. The minimum Gasteiger partial charge on any atom is -0.508 e. The second-order valence-corrected chi connectivity index (χ2v) is 6.47. The second kappa shape index (κ2) is 9.71. The average Bonchev–Trinajstić information content (AvgIpc) is 2.69. The van der Waals surface area contributed by atoms with Crippen molar-refractivity contribution in [3.8, 4) is 11.5 Å². The topological polar surface area (TPSA) is 68.6 Å². The summed E-state index contributed by atoms with van der Waals surface area (Å²) in [7, 11) is 0. The molecule has 0 atom stereocenters. The Hall–Kier alpha value is -2.89. The molecule has 0 aliphatic carbocycles. The Labute approximate surface area is 159 Å². The van der Waals surface area contributed by atoms with Crippen molar-refractivity contribution in [2.45, 2.75) is 19.6 Å². The number of hydrogen-bond donors (Lipinski definition) is 3. The SMILES string of the molecule is Oc1ccccc1CNCCN(Cc1ccccn1)Cc1ccccc1O. The van der Waals surface area contributed by atoms with Gasteiger partial charge in [-0.2, -0.15) is 0 Å². The summed E-state index contributed by atoms with van der Waals surface area (Å²) in [5, 5.41) is 23.3. The molecule has 140 valence electrons. The second-order valence-electron chi connectivity index (χ2n) is 6.47. The van der Waals surface area contributed by atoms with Crippen molar-refractivity contribution in [1.82, 2.24) is 15.2 Å². The maximum atomic E-state index is 10.1. The Balaban J connectivity index is 1.59. The molecule has 27 heavy (non-hydrogen) atoms. The van der Waals surface area contributed by atoms with Crippen LogP contribution in [0.25, 0.3) is 0 Å². The summed E-state index contributed by atoms with van der Waals surface area (Å²) >= 11 is 0. The monoisotopic (exact) mass is 363 g/mol. The molecule has 0 bridgehead atoms. The fourth-order valence-electron chi connectivity index (χ4n) is 2.94. The van der Waals surface area contributed by atoms with Gasteiger partial charge in [-0.05, 0) is 24.3 Å². The quantitative estimate of drug-likeness (QED) is 0.509. The smallest absolute Gasteiger partial charge is 0.120 e. The van der Waals surface area contributed by atoms with Crippen LogP contribution in [0.5, 0.6) is 11.5 Å². The molecule has 0 fully saturated rings. The molecular weight excluding hydrogens is 338 g/mol. The van der Waals surface area contributed by atoms with Crippen LogP contribution in [-0.4, -0.2) is 33.2 Å². The van der Waals surface area contributed by atoms with Crippen molar-refractivity contribution >= 4 is 0 Å². The van der Waals surface area contributed by atoms with E-state index in [2.05, 4.69) is 15.2 Å². The highest BCUT2D eigenvalue weighted by molar-refractivity contribution is 5.32. The Morgan fingerprint density at radius 2 is 1.44 bits per heavy atom. The zero-order chi connectivity index (χ0) is 18.9. The maximum Gasteiger partial charge on any atom is 0.120 e. The van der Waals surface area contributed by atoms with Crippen LogP contribution in [0.3, 0.4) is 0 Å². The number of pyridine rings is 1. The largest absolute Gasteiger partial charge is 0.508 e. The summed E-state index contributed by atoms with van der Waals surface area (Å²) in [5.74, 6) is 0.621. The Bertz CT molecular complexity index is 840.